The lowest BCUT2D eigenvalue weighted by molar-refractivity contribution is 0.0833. The summed E-state index contributed by atoms with van der Waals surface area (Å²) in [7, 11) is 4.10. The van der Waals surface area contributed by atoms with Gasteiger partial charge in [0, 0.05) is 26.2 Å². The third-order valence-corrected chi connectivity index (χ3v) is 3.68. The number of hydrogen-bond acceptors (Lipinski definition) is 3. The molecule has 0 aromatic heterocycles. The van der Waals surface area contributed by atoms with Crippen LogP contribution in [0.4, 0.5) is 0 Å². The number of nitrogens with two attached hydrogens (primary N) is 1. The molecule has 0 heterocycles. The van der Waals surface area contributed by atoms with Gasteiger partial charge in [0.15, 0.2) is 0 Å². The third-order valence-electron chi connectivity index (χ3n) is 3.68. The smallest absolute Gasteiger partial charge is 0.0450 e. The summed E-state index contributed by atoms with van der Waals surface area (Å²) in [6, 6.07) is 0. The summed E-state index contributed by atoms with van der Waals surface area (Å²) in [5, 5.41) is 2.05. The summed E-state index contributed by atoms with van der Waals surface area (Å²) in [5.41, 5.74) is 9.65. The Hall–Kier alpha value is -0.120. The van der Waals surface area contributed by atoms with Gasteiger partial charge in [-0.1, -0.05) is 26.7 Å². The predicted molar refractivity (Wildman–Crippen MR) is 65.4 cm³/mol. The second-order valence-corrected chi connectivity index (χ2v) is 5.59. The van der Waals surface area contributed by atoms with Gasteiger partial charge in [-0.15, -0.1) is 0 Å². The van der Waals surface area contributed by atoms with Crippen LogP contribution in [0.15, 0.2) is 0 Å². The molecule has 0 aromatic rings. The van der Waals surface area contributed by atoms with Gasteiger partial charge in [-0.3, -0.25) is 5.01 Å². The lowest BCUT2D eigenvalue weighted by Crippen LogP contribution is -2.58. The second kappa shape index (κ2) is 5.28. The van der Waals surface area contributed by atoms with Crippen LogP contribution in [-0.2, 0) is 0 Å². The van der Waals surface area contributed by atoms with Crippen molar-refractivity contribution in [3.63, 3.8) is 0 Å². The molecule has 1 rings (SSSR count). The SMILES string of the molecule is CC(C)C1CCCC(CN)(NN(C)C)C1. The summed E-state index contributed by atoms with van der Waals surface area (Å²) in [6.45, 7) is 5.40. The summed E-state index contributed by atoms with van der Waals surface area (Å²) >= 11 is 0. The average molecular weight is 213 g/mol. The molecule has 3 heteroatoms. The standard InChI is InChI=1S/C12H27N3/c1-10(2)11-6-5-7-12(8-11,9-13)14-15(3)4/h10-11,14H,5-9,13H2,1-4H3. The van der Waals surface area contributed by atoms with Crippen molar-refractivity contribution in [2.45, 2.75) is 45.1 Å². The molecule has 0 radical (unpaired) electrons. The molecule has 1 aliphatic rings. The highest BCUT2D eigenvalue weighted by Crippen LogP contribution is 2.35. The Morgan fingerprint density at radius 2 is 2.13 bits per heavy atom. The largest absolute Gasteiger partial charge is 0.329 e. The minimum Gasteiger partial charge on any atom is -0.329 e. The molecule has 2 unspecified atom stereocenters. The van der Waals surface area contributed by atoms with Crippen LogP contribution >= 0.6 is 0 Å². The first-order valence-corrected chi connectivity index (χ1v) is 6.14. The van der Waals surface area contributed by atoms with Crippen LogP contribution in [0.1, 0.15) is 39.5 Å². The van der Waals surface area contributed by atoms with E-state index < -0.39 is 0 Å². The van der Waals surface area contributed by atoms with Crippen molar-refractivity contribution in [3.8, 4) is 0 Å². The van der Waals surface area contributed by atoms with E-state index in [2.05, 4.69) is 38.4 Å². The van der Waals surface area contributed by atoms with Crippen molar-refractivity contribution in [2.75, 3.05) is 20.6 Å². The zero-order valence-electron chi connectivity index (χ0n) is 10.7. The summed E-state index contributed by atoms with van der Waals surface area (Å²) in [5.74, 6) is 1.61. The van der Waals surface area contributed by atoms with Crippen LogP contribution in [0.25, 0.3) is 0 Å². The van der Waals surface area contributed by atoms with Gasteiger partial charge in [-0.25, -0.2) is 5.43 Å². The molecule has 90 valence electrons. The molecule has 0 bridgehead atoms. The second-order valence-electron chi connectivity index (χ2n) is 5.59. The Bertz CT molecular complexity index is 191. The van der Waals surface area contributed by atoms with Gasteiger partial charge in [-0.05, 0) is 24.7 Å². The van der Waals surface area contributed by atoms with E-state index >= 15 is 0 Å². The summed E-state index contributed by atoms with van der Waals surface area (Å²) in [4.78, 5) is 0. The number of hydrazine groups is 1. The van der Waals surface area contributed by atoms with E-state index in [1.165, 1.54) is 25.7 Å². The number of rotatable bonds is 4. The predicted octanol–water partition coefficient (Wildman–Crippen LogP) is 1.60. The van der Waals surface area contributed by atoms with Crippen LogP contribution in [0.5, 0.6) is 0 Å². The van der Waals surface area contributed by atoms with E-state index in [0.717, 1.165) is 18.4 Å². The summed E-state index contributed by atoms with van der Waals surface area (Å²) < 4.78 is 0. The molecule has 0 spiro atoms. The fourth-order valence-corrected chi connectivity index (χ4v) is 2.78. The van der Waals surface area contributed by atoms with Crippen molar-refractivity contribution in [1.29, 1.82) is 0 Å². The van der Waals surface area contributed by atoms with Gasteiger partial charge >= 0.3 is 0 Å². The Labute approximate surface area is 94.4 Å². The van der Waals surface area contributed by atoms with Crippen molar-refractivity contribution < 1.29 is 0 Å². The van der Waals surface area contributed by atoms with Gasteiger partial charge in [0.2, 0.25) is 0 Å². The Morgan fingerprint density at radius 3 is 2.60 bits per heavy atom. The minimum atomic E-state index is 0.149. The van der Waals surface area contributed by atoms with Crippen LogP contribution in [0.3, 0.4) is 0 Å². The highest BCUT2D eigenvalue weighted by molar-refractivity contribution is 4.94. The first-order valence-electron chi connectivity index (χ1n) is 6.14. The monoisotopic (exact) mass is 213 g/mol. The van der Waals surface area contributed by atoms with E-state index in [1.807, 2.05) is 0 Å². The Kier molecular flexibility index (Phi) is 4.56. The maximum Gasteiger partial charge on any atom is 0.0450 e. The first-order chi connectivity index (χ1) is 6.99. The van der Waals surface area contributed by atoms with Crippen LogP contribution < -0.4 is 11.2 Å². The lowest BCUT2D eigenvalue weighted by atomic mass is 9.72. The maximum atomic E-state index is 5.96. The Balaban J connectivity index is 2.63. The molecule has 1 aliphatic carbocycles. The van der Waals surface area contributed by atoms with Gasteiger partial charge in [0.25, 0.3) is 0 Å². The average Bonchev–Trinajstić information content (AvgIpc) is 2.17. The molecular formula is C12H27N3. The van der Waals surface area contributed by atoms with E-state index in [4.69, 9.17) is 5.73 Å². The van der Waals surface area contributed by atoms with E-state index in [1.54, 1.807) is 0 Å². The quantitative estimate of drug-likeness (QED) is 0.697. The van der Waals surface area contributed by atoms with Gasteiger partial charge in [0.1, 0.15) is 0 Å². The van der Waals surface area contributed by atoms with Crippen molar-refractivity contribution in [1.82, 2.24) is 10.4 Å². The van der Waals surface area contributed by atoms with E-state index in [0.29, 0.717) is 0 Å². The fourth-order valence-electron chi connectivity index (χ4n) is 2.78. The molecule has 15 heavy (non-hydrogen) atoms. The van der Waals surface area contributed by atoms with Gasteiger partial charge < -0.3 is 5.73 Å². The third kappa shape index (κ3) is 3.44. The number of nitrogens with one attached hydrogen (secondary N) is 1. The zero-order valence-corrected chi connectivity index (χ0v) is 10.7. The van der Waals surface area contributed by atoms with Gasteiger partial charge in [0.05, 0.1) is 0 Å². The maximum absolute atomic E-state index is 5.96. The molecule has 1 fully saturated rings. The van der Waals surface area contributed by atoms with Crippen molar-refractivity contribution in [3.05, 3.63) is 0 Å². The van der Waals surface area contributed by atoms with E-state index in [-0.39, 0.29) is 5.54 Å². The molecule has 0 aromatic carbocycles. The molecule has 1 saturated carbocycles. The molecular weight excluding hydrogens is 186 g/mol. The fraction of sp³-hybridized carbons (Fsp3) is 1.00. The normalized spacial score (nSPS) is 32.6. The molecule has 0 amide bonds. The van der Waals surface area contributed by atoms with Crippen LogP contribution in [0.2, 0.25) is 0 Å². The first kappa shape index (κ1) is 12.9. The van der Waals surface area contributed by atoms with Gasteiger partial charge in [-0.2, -0.15) is 0 Å². The Morgan fingerprint density at radius 1 is 1.47 bits per heavy atom. The topological polar surface area (TPSA) is 41.3 Å². The molecule has 0 aliphatic heterocycles. The highest BCUT2D eigenvalue weighted by atomic mass is 15.5. The number of nitrogens with zero attached hydrogens (tertiary/aromatic N) is 1. The summed E-state index contributed by atoms with van der Waals surface area (Å²) in [6.07, 6.45) is 5.11. The molecule has 3 nitrogen and oxygen atoms in total. The van der Waals surface area contributed by atoms with Crippen molar-refractivity contribution >= 4 is 0 Å². The zero-order chi connectivity index (χ0) is 11.5. The molecule has 3 N–H and O–H groups in total. The van der Waals surface area contributed by atoms with Crippen molar-refractivity contribution in [2.24, 2.45) is 17.6 Å². The molecule has 2 atom stereocenters. The lowest BCUT2D eigenvalue weighted by Gasteiger charge is -2.44. The number of hydrogen-bond donors (Lipinski definition) is 2. The highest BCUT2D eigenvalue weighted by Gasteiger charge is 2.36. The van der Waals surface area contributed by atoms with E-state index in [9.17, 15) is 0 Å². The minimum absolute atomic E-state index is 0.149. The van der Waals surface area contributed by atoms with Crippen LogP contribution in [-0.4, -0.2) is 31.2 Å². The molecule has 0 saturated heterocycles. The van der Waals surface area contributed by atoms with Crippen LogP contribution in [0, 0.1) is 11.8 Å².